The third-order valence-electron chi connectivity index (χ3n) is 2.61. The van der Waals surface area contributed by atoms with Gasteiger partial charge in [-0.2, -0.15) is 0 Å². The van der Waals surface area contributed by atoms with Crippen molar-refractivity contribution in [1.82, 2.24) is 9.97 Å². The normalized spacial score (nSPS) is 11.4. The second-order valence-corrected chi connectivity index (χ2v) is 4.02. The highest BCUT2D eigenvalue weighted by atomic mass is 16.6. The summed E-state index contributed by atoms with van der Waals surface area (Å²) < 4.78 is 0. The molecule has 0 radical (unpaired) electrons. The van der Waals surface area contributed by atoms with Gasteiger partial charge in [0, 0.05) is 23.5 Å². The predicted octanol–water partition coefficient (Wildman–Crippen LogP) is 2.82. The fourth-order valence-corrected chi connectivity index (χ4v) is 1.56. The Morgan fingerprint density at radius 1 is 1.11 bits per heavy atom. The molecule has 18 heavy (non-hydrogen) atoms. The van der Waals surface area contributed by atoms with Crippen molar-refractivity contribution in [3.63, 3.8) is 0 Å². The highest BCUT2D eigenvalue weighted by molar-refractivity contribution is 5.97. The number of aryl methyl sites for hydroxylation is 1. The summed E-state index contributed by atoms with van der Waals surface area (Å²) >= 11 is 0. The summed E-state index contributed by atoms with van der Waals surface area (Å²) in [6, 6.07) is 8.12. The highest BCUT2D eigenvalue weighted by Crippen LogP contribution is 2.15. The van der Waals surface area contributed by atoms with E-state index in [0.717, 1.165) is 16.8 Å². The van der Waals surface area contributed by atoms with Crippen molar-refractivity contribution in [3.8, 4) is 11.4 Å². The number of hydrogen-bond acceptors (Lipinski definition) is 4. The molecule has 0 spiro atoms. The Kier molecular flexibility index (Phi) is 3.67. The molecule has 0 unspecified atom stereocenters. The van der Waals surface area contributed by atoms with Gasteiger partial charge in [0.1, 0.15) is 7.11 Å². The molecule has 0 bridgehead atoms. The standard InChI is InChI=1S/C14H15N3O/c1-10-4-6-12(7-5-10)14-15-8-13(9-16-14)11(2)17-18-3/h4-9H,1-3H3/b17-11-. The highest BCUT2D eigenvalue weighted by Gasteiger charge is 2.03. The van der Waals surface area contributed by atoms with Crippen LogP contribution in [-0.2, 0) is 4.84 Å². The van der Waals surface area contributed by atoms with E-state index in [2.05, 4.69) is 22.0 Å². The van der Waals surface area contributed by atoms with Crippen molar-refractivity contribution < 1.29 is 4.84 Å². The number of aromatic nitrogens is 2. The average molecular weight is 241 g/mol. The number of rotatable bonds is 3. The van der Waals surface area contributed by atoms with E-state index >= 15 is 0 Å². The first-order valence-corrected chi connectivity index (χ1v) is 5.68. The van der Waals surface area contributed by atoms with Gasteiger partial charge in [0.15, 0.2) is 5.82 Å². The van der Waals surface area contributed by atoms with E-state index in [-0.39, 0.29) is 0 Å². The van der Waals surface area contributed by atoms with Crippen LogP contribution in [0.5, 0.6) is 0 Å². The first-order chi connectivity index (χ1) is 8.70. The van der Waals surface area contributed by atoms with Crippen LogP contribution < -0.4 is 0 Å². The lowest BCUT2D eigenvalue weighted by Gasteiger charge is -2.02. The summed E-state index contributed by atoms with van der Waals surface area (Å²) in [5.41, 5.74) is 3.84. The van der Waals surface area contributed by atoms with Gasteiger partial charge in [-0.3, -0.25) is 0 Å². The quantitative estimate of drug-likeness (QED) is 0.613. The molecule has 92 valence electrons. The van der Waals surface area contributed by atoms with E-state index in [1.165, 1.54) is 12.7 Å². The minimum Gasteiger partial charge on any atom is -0.399 e. The van der Waals surface area contributed by atoms with Gasteiger partial charge in [-0.05, 0) is 13.8 Å². The van der Waals surface area contributed by atoms with Crippen molar-refractivity contribution >= 4 is 5.71 Å². The van der Waals surface area contributed by atoms with Crippen molar-refractivity contribution in [2.75, 3.05) is 7.11 Å². The Morgan fingerprint density at radius 3 is 2.28 bits per heavy atom. The molecule has 2 rings (SSSR count). The van der Waals surface area contributed by atoms with Crippen LogP contribution in [0.2, 0.25) is 0 Å². The molecule has 2 aromatic rings. The van der Waals surface area contributed by atoms with E-state index in [4.69, 9.17) is 4.84 Å². The second-order valence-electron chi connectivity index (χ2n) is 4.02. The van der Waals surface area contributed by atoms with Gasteiger partial charge in [-0.25, -0.2) is 9.97 Å². The van der Waals surface area contributed by atoms with Crippen LogP contribution in [0.4, 0.5) is 0 Å². The summed E-state index contributed by atoms with van der Waals surface area (Å²) in [7, 11) is 1.52. The lowest BCUT2D eigenvalue weighted by molar-refractivity contribution is 0.213. The van der Waals surface area contributed by atoms with E-state index in [0.29, 0.717) is 5.82 Å². The summed E-state index contributed by atoms with van der Waals surface area (Å²) in [6.45, 7) is 3.91. The van der Waals surface area contributed by atoms with Crippen molar-refractivity contribution in [2.45, 2.75) is 13.8 Å². The van der Waals surface area contributed by atoms with Crippen molar-refractivity contribution in [3.05, 3.63) is 47.8 Å². The molecule has 0 N–H and O–H groups in total. The van der Waals surface area contributed by atoms with Crippen molar-refractivity contribution in [2.24, 2.45) is 5.16 Å². The third-order valence-corrected chi connectivity index (χ3v) is 2.61. The SMILES string of the molecule is CO/N=C(/C)c1cnc(-c2ccc(C)cc2)nc1. The molecule has 0 atom stereocenters. The smallest absolute Gasteiger partial charge is 0.159 e. The molecule has 0 aliphatic heterocycles. The molecule has 1 aromatic heterocycles. The van der Waals surface area contributed by atoms with E-state index < -0.39 is 0 Å². The third kappa shape index (κ3) is 2.71. The van der Waals surface area contributed by atoms with Crippen LogP contribution in [0.3, 0.4) is 0 Å². The maximum atomic E-state index is 4.72. The maximum absolute atomic E-state index is 4.72. The van der Waals surface area contributed by atoms with Crippen LogP contribution in [-0.4, -0.2) is 22.8 Å². The molecule has 0 amide bonds. The van der Waals surface area contributed by atoms with Gasteiger partial charge in [-0.1, -0.05) is 35.0 Å². The van der Waals surface area contributed by atoms with Crippen LogP contribution in [0, 0.1) is 6.92 Å². The van der Waals surface area contributed by atoms with Crippen LogP contribution in [0.1, 0.15) is 18.1 Å². The van der Waals surface area contributed by atoms with Crippen LogP contribution in [0.15, 0.2) is 41.8 Å². The summed E-state index contributed by atoms with van der Waals surface area (Å²) in [5, 5.41) is 3.85. The molecule has 1 heterocycles. The van der Waals surface area contributed by atoms with Gasteiger partial charge < -0.3 is 4.84 Å². The van der Waals surface area contributed by atoms with Crippen molar-refractivity contribution in [1.29, 1.82) is 0 Å². The molecule has 1 aromatic carbocycles. The predicted molar refractivity (Wildman–Crippen MR) is 71.4 cm³/mol. The van der Waals surface area contributed by atoms with E-state index in [1.54, 1.807) is 12.4 Å². The van der Waals surface area contributed by atoms with Gasteiger partial charge in [-0.15, -0.1) is 0 Å². The topological polar surface area (TPSA) is 47.4 Å². The largest absolute Gasteiger partial charge is 0.399 e. The fourth-order valence-electron chi connectivity index (χ4n) is 1.56. The molecule has 4 heteroatoms. The Morgan fingerprint density at radius 2 is 1.72 bits per heavy atom. The molecule has 0 saturated heterocycles. The number of benzene rings is 1. The molecule has 4 nitrogen and oxygen atoms in total. The first kappa shape index (κ1) is 12.2. The van der Waals surface area contributed by atoms with Gasteiger partial charge in [0.25, 0.3) is 0 Å². The second kappa shape index (κ2) is 5.40. The summed E-state index contributed by atoms with van der Waals surface area (Å²) in [4.78, 5) is 13.4. The Hall–Kier alpha value is -2.23. The number of oxime groups is 1. The number of nitrogens with zero attached hydrogens (tertiary/aromatic N) is 3. The monoisotopic (exact) mass is 241 g/mol. The van der Waals surface area contributed by atoms with Crippen LogP contribution >= 0.6 is 0 Å². The van der Waals surface area contributed by atoms with Gasteiger partial charge >= 0.3 is 0 Å². The minimum atomic E-state index is 0.712. The molecule has 0 aliphatic carbocycles. The van der Waals surface area contributed by atoms with Crippen LogP contribution in [0.25, 0.3) is 11.4 Å². The fraction of sp³-hybridized carbons (Fsp3) is 0.214. The zero-order chi connectivity index (χ0) is 13.0. The lowest BCUT2D eigenvalue weighted by Crippen LogP contribution is -1.99. The zero-order valence-electron chi connectivity index (χ0n) is 10.7. The first-order valence-electron chi connectivity index (χ1n) is 5.68. The van der Waals surface area contributed by atoms with E-state index in [1.807, 2.05) is 31.2 Å². The molecule has 0 saturated carbocycles. The lowest BCUT2D eigenvalue weighted by atomic mass is 10.1. The molecule has 0 fully saturated rings. The van der Waals surface area contributed by atoms with Gasteiger partial charge in [0.2, 0.25) is 0 Å². The zero-order valence-corrected chi connectivity index (χ0v) is 10.7. The minimum absolute atomic E-state index is 0.712. The maximum Gasteiger partial charge on any atom is 0.159 e. The molecule has 0 aliphatic rings. The molecular weight excluding hydrogens is 226 g/mol. The van der Waals surface area contributed by atoms with E-state index in [9.17, 15) is 0 Å². The molecular formula is C14H15N3O. The Balaban J connectivity index is 2.27. The number of hydrogen-bond donors (Lipinski definition) is 0. The summed E-state index contributed by atoms with van der Waals surface area (Å²) in [6.07, 6.45) is 3.50. The van der Waals surface area contributed by atoms with Gasteiger partial charge in [0.05, 0.1) is 5.71 Å². The average Bonchev–Trinajstić information content (AvgIpc) is 2.40. The Bertz CT molecular complexity index is 544. The summed E-state index contributed by atoms with van der Waals surface area (Å²) in [5.74, 6) is 0.712. The Labute approximate surface area is 106 Å².